The monoisotopic (exact) mass is 534 g/mol. The molecule has 1 amide bonds. The van der Waals surface area contributed by atoms with Gasteiger partial charge in [0.05, 0.1) is 9.85 Å². The van der Waals surface area contributed by atoms with Gasteiger partial charge in [0.1, 0.15) is 11.4 Å². The molecule has 4 bridgehead atoms. The molecule has 0 radical (unpaired) electrons. The molecule has 5 N–H and O–H groups in total. The third kappa shape index (κ3) is 4.38. The number of nitro groups is 2. The first kappa shape index (κ1) is 25.7. The fourth-order valence-corrected chi connectivity index (χ4v) is 6.32. The summed E-state index contributed by atoms with van der Waals surface area (Å²) in [4.78, 5) is 32.9. The van der Waals surface area contributed by atoms with Crippen molar-refractivity contribution >= 4 is 28.7 Å². The zero-order valence-electron chi connectivity index (χ0n) is 20.0. The predicted octanol–water partition coefficient (Wildman–Crippen LogP) is 3.50. The quantitative estimate of drug-likeness (QED) is 0.298. The number of nitrogens with zero attached hydrogens (tertiary/aromatic N) is 3. The van der Waals surface area contributed by atoms with Crippen molar-refractivity contribution in [3.05, 3.63) is 66.7 Å². The van der Waals surface area contributed by atoms with E-state index in [0.29, 0.717) is 29.4 Å². The summed E-state index contributed by atoms with van der Waals surface area (Å²) < 4.78 is 37.7. The maximum atomic E-state index is 12.6. The number of alkyl halides is 3. The van der Waals surface area contributed by atoms with Crippen molar-refractivity contribution < 1.29 is 27.8 Å². The third-order valence-corrected chi connectivity index (χ3v) is 7.95. The smallest absolute Gasteiger partial charge is 0.393 e. The standard InChI is InChI=1S/C13H12F3N3O3.C11H13N3O2/c14-13(15,16)12(20)18-4-6-1-7(5-18)9-3-11(19(21)22)10(17)2-8(6)9;12-10-2-8-6-1-7(5-13-4-6)9(8)3-11(10)14(15)16/h2-3,6-7H,1,4-5,17H2;2-3,6-7,13H,1,4-5,12H2. The fourth-order valence-electron chi connectivity index (χ4n) is 6.32. The second-order valence-corrected chi connectivity index (χ2v) is 10.2. The number of benzene rings is 2. The number of likely N-dealkylation sites (tertiary alicyclic amines) is 1. The van der Waals surface area contributed by atoms with Gasteiger partial charge in [-0.25, -0.2) is 0 Å². The summed E-state index contributed by atoms with van der Waals surface area (Å²) in [5.74, 6) is -1.54. The molecule has 14 heteroatoms. The highest BCUT2D eigenvalue weighted by Crippen LogP contribution is 2.49. The van der Waals surface area contributed by atoms with Gasteiger partial charge in [-0.05, 0) is 59.1 Å². The number of carbonyl (C=O) groups is 1. The van der Waals surface area contributed by atoms with Crippen LogP contribution < -0.4 is 16.8 Å². The Morgan fingerprint density at radius 3 is 1.66 bits per heavy atom. The Labute approximate surface area is 214 Å². The summed E-state index contributed by atoms with van der Waals surface area (Å²) >= 11 is 0. The Morgan fingerprint density at radius 2 is 1.21 bits per heavy atom. The lowest BCUT2D eigenvalue weighted by atomic mass is 9.95. The highest BCUT2D eigenvalue weighted by atomic mass is 19.4. The summed E-state index contributed by atoms with van der Waals surface area (Å²) in [6.45, 7) is 1.76. The van der Waals surface area contributed by atoms with Crippen LogP contribution in [0, 0.1) is 20.2 Å². The zero-order valence-corrected chi connectivity index (χ0v) is 20.0. The third-order valence-electron chi connectivity index (χ3n) is 7.95. The molecule has 202 valence electrons. The average Bonchev–Trinajstić information content (AvgIpc) is 3.24. The van der Waals surface area contributed by atoms with Crippen LogP contribution in [-0.4, -0.2) is 53.0 Å². The number of anilines is 2. The van der Waals surface area contributed by atoms with Crippen LogP contribution in [0.4, 0.5) is 35.9 Å². The van der Waals surface area contributed by atoms with Gasteiger partial charge in [0.25, 0.3) is 11.4 Å². The van der Waals surface area contributed by atoms with E-state index >= 15 is 0 Å². The highest BCUT2D eigenvalue weighted by Gasteiger charge is 2.48. The second kappa shape index (κ2) is 9.11. The van der Waals surface area contributed by atoms with E-state index in [-0.39, 0.29) is 47.7 Å². The topological polar surface area (TPSA) is 171 Å². The molecule has 38 heavy (non-hydrogen) atoms. The van der Waals surface area contributed by atoms with Crippen LogP contribution in [0.1, 0.15) is 58.8 Å². The molecule has 2 aliphatic carbocycles. The number of rotatable bonds is 2. The van der Waals surface area contributed by atoms with Gasteiger partial charge in [0.2, 0.25) is 0 Å². The largest absolute Gasteiger partial charge is 0.471 e. The predicted molar refractivity (Wildman–Crippen MR) is 131 cm³/mol. The van der Waals surface area contributed by atoms with Gasteiger partial charge in [-0.2, -0.15) is 13.2 Å². The Bertz CT molecular complexity index is 1350. The molecule has 0 spiro atoms. The molecular formula is C24H25F3N6O5. The number of hydrogen-bond acceptors (Lipinski definition) is 8. The molecule has 11 nitrogen and oxygen atoms in total. The van der Waals surface area contributed by atoms with E-state index in [2.05, 4.69) is 5.32 Å². The Balaban J connectivity index is 0.000000162. The van der Waals surface area contributed by atoms with Crippen LogP contribution in [0.5, 0.6) is 0 Å². The molecule has 4 atom stereocenters. The number of amides is 1. The maximum absolute atomic E-state index is 12.6. The SMILES string of the molecule is Nc1cc2c(cc1[N+](=O)[O-])C1CC2CN(C(=O)C(F)(F)F)C1.Nc1cc2c(cc1[N+](=O)[O-])C1CNCC2C1. The van der Waals surface area contributed by atoms with E-state index in [1.807, 2.05) is 0 Å². The molecule has 2 saturated heterocycles. The normalized spacial score (nSPS) is 24.7. The Morgan fingerprint density at radius 1 is 0.816 bits per heavy atom. The van der Waals surface area contributed by atoms with Crippen molar-refractivity contribution in [3.63, 3.8) is 0 Å². The van der Waals surface area contributed by atoms with Crippen LogP contribution in [0.25, 0.3) is 0 Å². The summed E-state index contributed by atoms with van der Waals surface area (Å²) in [5, 5.41) is 25.1. The van der Waals surface area contributed by atoms with Crippen LogP contribution in [0.3, 0.4) is 0 Å². The summed E-state index contributed by atoms with van der Waals surface area (Å²) in [5.41, 5.74) is 15.1. The number of nitrogen functional groups attached to an aromatic ring is 2. The molecule has 0 aromatic heterocycles. The molecule has 0 saturated carbocycles. The van der Waals surface area contributed by atoms with E-state index in [1.54, 1.807) is 12.1 Å². The van der Waals surface area contributed by atoms with Crippen molar-refractivity contribution in [1.29, 1.82) is 0 Å². The summed E-state index contributed by atoms with van der Waals surface area (Å²) in [7, 11) is 0. The van der Waals surface area contributed by atoms with Crippen molar-refractivity contribution in [2.24, 2.45) is 0 Å². The van der Waals surface area contributed by atoms with E-state index in [9.17, 15) is 38.2 Å². The van der Waals surface area contributed by atoms with Gasteiger partial charge in [-0.3, -0.25) is 25.0 Å². The van der Waals surface area contributed by atoms with Gasteiger partial charge in [-0.1, -0.05) is 0 Å². The molecule has 2 aliphatic heterocycles. The van der Waals surface area contributed by atoms with Gasteiger partial charge in [0.15, 0.2) is 0 Å². The molecule has 2 aromatic carbocycles. The number of nitrogens with one attached hydrogen (secondary N) is 1. The van der Waals surface area contributed by atoms with E-state index in [1.165, 1.54) is 17.7 Å². The maximum Gasteiger partial charge on any atom is 0.471 e. The number of carbonyl (C=O) groups excluding carboxylic acids is 1. The van der Waals surface area contributed by atoms with Crippen molar-refractivity contribution in [2.45, 2.75) is 42.7 Å². The average molecular weight is 534 g/mol. The lowest BCUT2D eigenvalue weighted by molar-refractivity contribution is -0.384. The first-order valence-electron chi connectivity index (χ1n) is 12.1. The number of nitrogens with two attached hydrogens (primary N) is 2. The van der Waals surface area contributed by atoms with Crippen LogP contribution in [0.2, 0.25) is 0 Å². The minimum Gasteiger partial charge on any atom is -0.393 e. The van der Waals surface area contributed by atoms with Crippen molar-refractivity contribution in [1.82, 2.24) is 10.2 Å². The van der Waals surface area contributed by atoms with Crippen molar-refractivity contribution in [2.75, 3.05) is 37.6 Å². The van der Waals surface area contributed by atoms with E-state index < -0.39 is 21.9 Å². The van der Waals surface area contributed by atoms with Crippen molar-refractivity contribution in [3.8, 4) is 0 Å². The van der Waals surface area contributed by atoms with E-state index in [0.717, 1.165) is 30.0 Å². The first-order chi connectivity index (χ1) is 17.8. The zero-order chi connectivity index (χ0) is 27.5. The molecule has 2 aromatic rings. The summed E-state index contributed by atoms with van der Waals surface area (Å²) in [6, 6.07) is 6.25. The van der Waals surface area contributed by atoms with Gasteiger partial charge >= 0.3 is 12.1 Å². The van der Waals surface area contributed by atoms with Crippen LogP contribution in [-0.2, 0) is 4.79 Å². The molecular weight excluding hydrogens is 509 g/mol. The Hall–Kier alpha value is -3.94. The number of nitro benzene ring substituents is 2. The lowest BCUT2D eigenvalue weighted by Crippen LogP contribution is -2.46. The number of piperidine rings is 2. The van der Waals surface area contributed by atoms with Gasteiger partial charge in [-0.15, -0.1) is 0 Å². The fraction of sp³-hybridized carbons (Fsp3) is 0.458. The van der Waals surface area contributed by atoms with Gasteiger partial charge < -0.3 is 21.7 Å². The number of halogens is 3. The molecule has 4 aliphatic rings. The van der Waals surface area contributed by atoms with Crippen LogP contribution in [0.15, 0.2) is 24.3 Å². The van der Waals surface area contributed by atoms with Crippen LogP contribution >= 0.6 is 0 Å². The van der Waals surface area contributed by atoms with E-state index in [4.69, 9.17) is 11.5 Å². The number of fused-ring (bicyclic) bond motifs is 10. The number of hydrogen-bond donors (Lipinski definition) is 3. The molecule has 4 unspecified atom stereocenters. The second-order valence-electron chi connectivity index (χ2n) is 10.2. The minimum absolute atomic E-state index is 0.00926. The first-order valence-corrected chi connectivity index (χ1v) is 12.1. The highest BCUT2D eigenvalue weighted by molar-refractivity contribution is 5.82. The molecule has 2 heterocycles. The minimum atomic E-state index is -4.91. The summed E-state index contributed by atoms with van der Waals surface area (Å²) in [6.07, 6.45) is -3.23. The Kier molecular flexibility index (Phi) is 6.16. The lowest BCUT2D eigenvalue weighted by Gasteiger charge is -2.32. The molecule has 6 rings (SSSR count). The van der Waals surface area contributed by atoms with Gasteiger partial charge in [0, 0.05) is 50.1 Å². The molecule has 2 fully saturated rings.